The molecule has 0 saturated carbocycles. The van der Waals surface area contributed by atoms with Crippen molar-refractivity contribution in [2.75, 3.05) is 46.4 Å². The van der Waals surface area contributed by atoms with Gasteiger partial charge < -0.3 is 14.4 Å². The molecule has 5 nitrogen and oxygen atoms in total. The number of ether oxygens (including phenoxy) is 2. The molecule has 0 aromatic heterocycles. The van der Waals surface area contributed by atoms with Gasteiger partial charge in [-0.2, -0.15) is 0 Å². The Hall–Kier alpha value is -2.53. The lowest BCUT2D eigenvalue weighted by atomic mass is 10.1. The first-order valence-corrected chi connectivity index (χ1v) is 9.47. The van der Waals surface area contributed by atoms with Crippen LogP contribution in [0.1, 0.15) is 11.1 Å². The van der Waals surface area contributed by atoms with Crippen LogP contribution in [0.5, 0.6) is 11.5 Å². The second-order valence-electron chi connectivity index (χ2n) is 6.89. The van der Waals surface area contributed by atoms with Gasteiger partial charge in [-0.1, -0.05) is 35.9 Å². The maximum atomic E-state index is 12.4. The van der Waals surface area contributed by atoms with E-state index in [0.29, 0.717) is 0 Å². The lowest BCUT2D eigenvalue weighted by molar-refractivity contribution is -0.135. The number of carbonyl (C=O) groups is 1. The molecule has 1 aliphatic heterocycles. The molecule has 0 aliphatic carbocycles. The molecule has 0 radical (unpaired) electrons. The zero-order valence-electron chi connectivity index (χ0n) is 16.2. The summed E-state index contributed by atoms with van der Waals surface area (Å²) in [5.41, 5.74) is 2.41. The van der Waals surface area contributed by atoms with Crippen LogP contribution in [-0.2, 0) is 11.2 Å². The fourth-order valence-corrected chi connectivity index (χ4v) is 3.28. The molecule has 1 amide bonds. The Kier molecular flexibility index (Phi) is 6.71. The number of benzene rings is 2. The Balaban J connectivity index is 1.40. The van der Waals surface area contributed by atoms with Crippen LogP contribution in [0.25, 0.3) is 0 Å². The van der Waals surface area contributed by atoms with Gasteiger partial charge in [0.15, 0.2) is 6.61 Å². The average molecular weight is 368 g/mol. The molecular formula is C22H28N2O3. The molecule has 3 rings (SSSR count). The SMILES string of the molecule is COc1ccccc1CCN1CCN(C(=O)COc2ccc(C)cc2)CC1. The minimum atomic E-state index is 0.0555. The highest BCUT2D eigenvalue weighted by atomic mass is 16.5. The Bertz CT molecular complexity index is 737. The Morgan fingerprint density at radius 1 is 1.00 bits per heavy atom. The monoisotopic (exact) mass is 368 g/mol. The molecule has 1 heterocycles. The third kappa shape index (κ3) is 5.47. The quantitative estimate of drug-likeness (QED) is 0.754. The highest BCUT2D eigenvalue weighted by molar-refractivity contribution is 5.77. The summed E-state index contributed by atoms with van der Waals surface area (Å²) < 4.78 is 11.0. The molecule has 0 bridgehead atoms. The standard InChI is InChI=1S/C22H28N2O3/c1-18-7-9-20(10-8-18)27-17-22(25)24-15-13-23(14-16-24)12-11-19-5-3-4-6-21(19)26-2/h3-10H,11-17H2,1-2H3. The van der Waals surface area contributed by atoms with Crippen molar-refractivity contribution in [2.24, 2.45) is 0 Å². The zero-order valence-corrected chi connectivity index (χ0v) is 16.2. The summed E-state index contributed by atoms with van der Waals surface area (Å²) in [5, 5.41) is 0. The molecule has 1 fully saturated rings. The summed E-state index contributed by atoms with van der Waals surface area (Å²) in [7, 11) is 1.71. The van der Waals surface area contributed by atoms with Crippen molar-refractivity contribution in [1.82, 2.24) is 9.80 Å². The van der Waals surface area contributed by atoms with Gasteiger partial charge in [-0.05, 0) is 37.1 Å². The van der Waals surface area contributed by atoms with Crippen molar-refractivity contribution >= 4 is 5.91 Å². The van der Waals surface area contributed by atoms with Gasteiger partial charge in [-0.25, -0.2) is 0 Å². The average Bonchev–Trinajstić information content (AvgIpc) is 2.72. The number of hydrogen-bond donors (Lipinski definition) is 0. The fraction of sp³-hybridized carbons (Fsp3) is 0.409. The van der Waals surface area contributed by atoms with E-state index in [1.54, 1.807) is 7.11 Å². The van der Waals surface area contributed by atoms with Gasteiger partial charge in [0.05, 0.1) is 7.11 Å². The molecule has 2 aromatic carbocycles. The number of amides is 1. The van der Waals surface area contributed by atoms with Gasteiger partial charge in [0.2, 0.25) is 0 Å². The molecule has 27 heavy (non-hydrogen) atoms. The highest BCUT2D eigenvalue weighted by Crippen LogP contribution is 2.18. The number of carbonyl (C=O) groups excluding carboxylic acids is 1. The van der Waals surface area contributed by atoms with E-state index >= 15 is 0 Å². The van der Waals surface area contributed by atoms with Crippen molar-refractivity contribution in [1.29, 1.82) is 0 Å². The topological polar surface area (TPSA) is 42.0 Å². The van der Waals surface area contributed by atoms with Gasteiger partial charge in [-0.15, -0.1) is 0 Å². The number of hydrogen-bond acceptors (Lipinski definition) is 4. The van der Waals surface area contributed by atoms with Crippen LogP contribution in [0.2, 0.25) is 0 Å². The molecule has 1 saturated heterocycles. The molecule has 5 heteroatoms. The first kappa shape index (κ1) is 19.2. The summed E-state index contributed by atoms with van der Waals surface area (Å²) in [5.74, 6) is 1.74. The minimum Gasteiger partial charge on any atom is -0.496 e. The van der Waals surface area contributed by atoms with E-state index in [9.17, 15) is 4.79 Å². The lowest BCUT2D eigenvalue weighted by Gasteiger charge is -2.34. The largest absolute Gasteiger partial charge is 0.496 e. The summed E-state index contributed by atoms with van der Waals surface area (Å²) in [6.45, 7) is 6.40. The Labute approximate surface area is 161 Å². The zero-order chi connectivity index (χ0) is 19.1. The first-order valence-electron chi connectivity index (χ1n) is 9.47. The number of aryl methyl sites for hydroxylation is 1. The van der Waals surface area contributed by atoms with Crippen LogP contribution in [-0.4, -0.2) is 62.1 Å². The van der Waals surface area contributed by atoms with E-state index in [4.69, 9.17) is 9.47 Å². The lowest BCUT2D eigenvalue weighted by Crippen LogP contribution is -2.50. The van der Waals surface area contributed by atoms with Crippen LogP contribution in [0.4, 0.5) is 0 Å². The molecule has 0 unspecified atom stereocenters. The van der Waals surface area contributed by atoms with Gasteiger partial charge in [0, 0.05) is 32.7 Å². The molecule has 0 atom stereocenters. The molecule has 0 N–H and O–H groups in total. The Morgan fingerprint density at radius 2 is 1.70 bits per heavy atom. The molecule has 2 aromatic rings. The van der Waals surface area contributed by atoms with E-state index in [1.165, 1.54) is 11.1 Å². The number of methoxy groups -OCH3 is 1. The van der Waals surface area contributed by atoms with E-state index < -0.39 is 0 Å². The second-order valence-corrected chi connectivity index (χ2v) is 6.89. The minimum absolute atomic E-state index is 0.0555. The van der Waals surface area contributed by atoms with Crippen LogP contribution in [0.15, 0.2) is 48.5 Å². The first-order chi connectivity index (χ1) is 13.2. The molecule has 0 spiro atoms. The number of piperazine rings is 1. The van der Waals surface area contributed by atoms with E-state index in [0.717, 1.165) is 50.6 Å². The van der Waals surface area contributed by atoms with Gasteiger partial charge in [0.25, 0.3) is 5.91 Å². The third-order valence-corrected chi connectivity index (χ3v) is 5.00. The number of nitrogens with zero attached hydrogens (tertiary/aromatic N) is 2. The predicted octanol–water partition coefficient (Wildman–Crippen LogP) is 2.77. The maximum absolute atomic E-state index is 12.4. The fourth-order valence-electron chi connectivity index (χ4n) is 3.28. The normalized spacial score (nSPS) is 14.8. The maximum Gasteiger partial charge on any atom is 0.260 e. The van der Waals surface area contributed by atoms with Crippen LogP contribution >= 0.6 is 0 Å². The summed E-state index contributed by atoms with van der Waals surface area (Å²) in [6.07, 6.45) is 0.953. The van der Waals surface area contributed by atoms with Crippen molar-refractivity contribution in [3.8, 4) is 11.5 Å². The summed E-state index contributed by atoms with van der Waals surface area (Å²) >= 11 is 0. The van der Waals surface area contributed by atoms with E-state index in [2.05, 4.69) is 11.0 Å². The van der Waals surface area contributed by atoms with E-state index in [-0.39, 0.29) is 12.5 Å². The molecule has 144 valence electrons. The predicted molar refractivity (Wildman–Crippen MR) is 106 cm³/mol. The summed E-state index contributed by atoms with van der Waals surface area (Å²) in [6, 6.07) is 15.9. The van der Waals surface area contributed by atoms with Crippen molar-refractivity contribution in [3.05, 3.63) is 59.7 Å². The van der Waals surface area contributed by atoms with Crippen LogP contribution in [0.3, 0.4) is 0 Å². The van der Waals surface area contributed by atoms with Gasteiger partial charge in [0.1, 0.15) is 11.5 Å². The van der Waals surface area contributed by atoms with E-state index in [1.807, 2.05) is 54.3 Å². The third-order valence-electron chi connectivity index (χ3n) is 5.00. The van der Waals surface area contributed by atoms with Crippen LogP contribution in [0, 0.1) is 6.92 Å². The van der Waals surface area contributed by atoms with Gasteiger partial charge >= 0.3 is 0 Å². The van der Waals surface area contributed by atoms with Gasteiger partial charge in [-0.3, -0.25) is 9.69 Å². The van der Waals surface area contributed by atoms with Crippen molar-refractivity contribution in [2.45, 2.75) is 13.3 Å². The molecule has 1 aliphatic rings. The number of para-hydroxylation sites is 1. The smallest absolute Gasteiger partial charge is 0.260 e. The number of rotatable bonds is 7. The van der Waals surface area contributed by atoms with Crippen LogP contribution < -0.4 is 9.47 Å². The highest BCUT2D eigenvalue weighted by Gasteiger charge is 2.21. The molecular weight excluding hydrogens is 340 g/mol. The Morgan fingerprint density at radius 3 is 2.41 bits per heavy atom. The second kappa shape index (κ2) is 9.42. The summed E-state index contributed by atoms with van der Waals surface area (Å²) in [4.78, 5) is 16.7. The van der Waals surface area contributed by atoms with Crippen molar-refractivity contribution < 1.29 is 14.3 Å². The van der Waals surface area contributed by atoms with Crippen molar-refractivity contribution in [3.63, 3.8) is 0 Å².